The van der Waals surface area contributed by atoms with E-state index in [2.05, 4.69) is 28.4 Å². The summed E-state index contributed by atoms with van der Waals surface area (Å²) in [5.74, 6) is 1.07. The van der Waals surface area contributed by atoms with Crippen LogP contribution in [0.3, 0.4) is 0 Å². The molecule has 5 nitrogen and oxygen atoms in total. The highest BCUT2D eigenvalue weighted by molar-refractivity contribution is 7.09. The summed E-state index contributed by atoms with van der Waals surface area (Å²) in [6.07, 6.45) is 1.61. The van der Waals surface area contributed by atoms with E-state index in [1.54, 1.807) is 11.3 Å². The molecule has 0 aliphatic heterocycles. The molecule has 2 aromatic heterocycles. The number of carbonyl (C=O) groups excluding carboxylic acids is 1. The average Bonchev–Trinajstić information content (AvgIpc) is 3.48. The lowest BCUT2D eigenvalue weighted by Gasteiger charge is -2.22. The van der Waals surface area contributed by atoms with Crippen LogP contribution in [-0.2, 0) is 24.2 Å². The van der Waals surface area contributed by atoms with Crippen molar-refractivity contribution >= 4 is 17.2 Å². The highest BCUT2D eigenvalue weighted by Crippen LogP contribution is 2.19. The van der Waals surface area contributed by atoms with Gasteiger partial charge in [-0.05, 0) is 42.5 Å². The minimum absolute atomic E-state index is 0.0967. The van der Waals surface area contributed by atoms with Crippen molar-refractivity contribution < 1.29 is 9.21 Å². The molecule has 0 radical (unpaired) electrons. The smallest absolute Gasteiger partial charge is 0.247 e. The number of thiophene rings is 1. The topological polar surface area (TPSA) is 59.2 Å². The zero-order valence-electron chi connectivity index (χ0n) is 17.5. The Kier molecular flexibility index (Phi) is 6.89. The van der Waals surface area contributed by atoms with E-state index in [0.717, 1.165) is 12.0 Å². The number of rotatable bonds is 9. The van der Waals surface area contributed by atoms with Gasteiger partial charge in [-0.25, -0.2) is 0 Å². The number of benzene rings is 2. The van der Waals surface area contributed by atoms with Crippen molar-refractivity contribution in [3.63, 3.8) is 0 Å². The molecule has 0 spiro atoms. The number of nitrogens with zero attached hydrogens (tertiary/aromatic N) is 3. The van der Waals surface area contributed by atoms with Crippen LogP contribution in [-0.4, -0.2) is 27.5 Å². The summed E-state index contributed by atoms with van der Waals surface area (Å²) in [5, 5.41) is 10.3. The van der Waals surface area contributed by atoms with Gasteiger partial charge < -0.3 is 9.32 Å². The van der Waals surface area contributed by atoms with Gasteiger partial charge in [0, 0.05) is 29.8 Å². The van der Waals surface area contributed by atoms with Crippen LogP contribution < -0.4 is 0 Å². The molecular weight excluding hydrogens is 406 g/mol. The predicted octanol–water partition coefficient (Wildman–Crippen LogP) is 5.31. The Morgan fingerprint density at radius 2 is 1.77 bits per heavy atom. The van der Waals surface area contributed by atoms with E-state index in [-0.39, 0.29) is 5.91 Å². The summed E-state index contributed by atoms with van der Waals surface area (Å²) in [4.78, 5) is 16.1. The van der Waals surface area contributed by atoms with Crippen molar-refractivity contribution in [1.29, 1.82) is 0 Å². The third-order valence-corrected chi connectivity index (χ3v) is 5.97. The van der Waals surface area contributed by atoms with Crippen molar-refractivity contribution in [1.82, 2.24) is 15.1 Å². The molecule has 2 heterocycles. The van der Waals surface area contributed by atoms with Gasteiger partial charge in [-0.2, -0.15) is 0 Å². The maximum Gasteiger partial charge on any atom is 0.247 e. The molecule has 2 aromatic carbocycles. The number of amides is 1. The molecular formula is C25H25N3O2S. The van der Waals surface area contributed by atoms with E-state index in [0.29, 0.717) is 37.7 Å². The van der Waals surface area contributed by atoms with Crippen molar-refractivity contribution in [2.45, 2.75) is 32.7 Å². The Balaban J connectivity index is 1.38. The van der Waals surface area contributed by atoms with Crippen LogP contribution in [0.2, 0.25) is 0 Å². The molecule has 0 aliphatic rings. The van der Waals surface area contributed by atoms with Gasteiger partial charge in [-0.15, -0.1) is 21.5 Å². The Morgan fingerprint density at radius 1 is 0.968 bits per heavy atom. The molecule has 0 unspecified atom stereocenters. The zero-order chi connectivity index (χ0) is 21.5. The molecule has 1 amide bonds. The lowest BCUT2D eigenvalue weighted by Crippen LogP contribution is -2.32. The average molecular weight is 432 g/mol. The van der Waals surface area contributed by atoms with Gasteiger partial charge in [0.05, 0.1) is 6.54 Å². The van der Waals surface area contributed by atoms with Crippen molar-refractivity contribution in [3.8, 4) is 11.5 Å². The Bertz CT molecular complexity index is 1090. The standard InChI is InChI=1S/C25H25N3O2S/c1-19-9-11-21(12-10-19)25-27-26-23(30-25)13-14-24(29)28(18-22-8-5-17-31-22)16-15-20-6-3-2-4-7-20/h2-12,17H,13-16,18H2,1H3. The van der Waals surface area contributed by atoms with Gasteiger partial charge in [-0.3, -0.25) is 4.79 Å². The molecule has 0 saturated heterocycles. The first-order chi connectivity index (χ1) is 15.2. The minimum Gasteiger partial charge on any atom is -0.421 e. The molecule has 4 rings (SSSR count). The first-order valence-corrected chi connectivity index (χ1v) is 11.3. The number of aryl methyl sites for hydroxylation is 2. The highest BCUT2D eigenvalue weighted by atomic mass is 32.1. The number of hydrogen-bond acceptors (Lipinski definition) is 5. The van der Waals surface area contributed by atoms with Crippen LogP contribution in [0.4, 0.5) is 0 Å². The first kappa shape index (κ1) is 21.0. The molecule has 31 heavy (non-hydrogen) atoms. The minimum atomic E-state index is 0.0967. The van der Waals surface area contributed by atoms with Crippen molar-refractivity contribution in [2.75, 3.05) is 6.54 Å². The lowest BCUT2D eigenvalue weighted by molar-refractivity contribution is -0.131. The van der Waals surface area contributed by atoms with Gasteiger partial charge in [0.1, 0.15) is 0 Å². The monoisotopic (exact) mass is 431 g/mol. The van der Waals surface area contributed by atoms with E-state index in [1.165, 1.54) is 16.0 Å². The largest absolute Gasteiger partial charge is 0.421 e. The SMILES string of the molecule is Cc1ccc(-c2nnc(CCC(=O)N(CCc3ccccc3)Cc3cccs3)o2)cc1. The van der Waals surface area contributed by atoms with Gasteiger partial charge >= 0.3 is 0 Å². The summed E-state index contributed by atoms with van der Waals surface area (Å²) in [6.45, 7) is 3.34. The summed E-state index contributed by atoms with van der Waals surface area (Å²) in [5.41, 5.74) is 3.29. The molecule has 0 fully saturated rings. The molecule has 0 saturated carbocycles. The van der Waals surface area contributed by atoms with Crippen LogP contribution in [0.5, 0.6) is 0 Å². The second-order valence-electron chi connectivity index (χ2n) is 7.50. The second kappa shape index (κ2) is 10.2. The molecule has 158 valence electrons. The molecule has 0 aliphatic carbocycles. The Hall–Kier alpha value is -3.25. The third-order valence-electron chi connectivity index (χ3n) is 5.11. The molecule has 6 heteroatoms. The summed E-state index contributed by atoms with van der Waals surface area (Å²) in [7, 11) is 0. The highest BCUT2D eigenvalue weighted by Gasteiger charge is 2.17. The first-order valence-electron chi connectivity index (χ1n) is 10.4. The van der Waals surface area contributed by atoms with Crippen molar-refractivity contribution in [3.05, 3.63) is 94.0 Å². The second-order valence-corrected chi connectivity index (χ2v) is 8.53. The van der Waals surface area contributed by atoms with Crippen LogP contribution >= 0.6 is 11.3 Å². The van der Waals surface area contributed by atoms with Gasteiger partial charge in [0.2, 0.25) is 17.7 Å². The molecule has 0 atom stereocenters. The molecule has 4 aromatic rings. The quantitative estimate of drug-likeness (QED) is 0.360. The summed E-state index contributed by atoms with van der Waals surface area (Å²) in [6, 6.07) is 22.3. The lowest BCUT2D eigenvalue weighted by atomic mass is 10.1. The number of hydrogen-bond donors (Lipinski definition) is 0. The predicted molar refractivity (Wildman–Crippen MR) is 123 cm³/mol. The fourth-order valence-corrected chi connectivity index (χ4v) is 4.05. The maximum absolute atomic E-state index is 13.0. The molecule has 0 bridgehead atoms. The van der Waals surface area contributed by atoms with E-state index in [1.807, 2.05) is 65.7 Å². The van der Waals surface area contributed by atoms with Crippen LogP contribution in [0.1, 0.15) is 28.3 Å². The van der Waals surface area contributed by atoms with E-state index < -0.39 is 0 Å². The Labute approximate surface area is 186 Å². The van der Waals surface area contributed by atoms with E-state index in [9.17, 15) is 4.79 Å². The van der Waals surface area contributed by atoms with Crippen LogP contribution in [0.25, 0.3) is 11.5 Å². The zero-order valence-corrected chi connectivity index (χ0v) is 18.3. The van der Waals surface area contributed by atoms with Gasteiger partial charge in [-0.1, -0.05) is 54.1 Å². The maximum atomic E-state index is 13.0. The van der Waals surface area contributed by atoms with Gasteiger partial charge in [0.25, 0.3) is 0 Å². The van der Waals surface area contributed by atoms with E-state index in [4.69, 9.17) is 4.42 Å². The Morgan fingerprint density at radius 3 is 2.52 bits per heavy atom. The fraction of sp³-hybridized carbons (Fsp3) is 0.240. The van der Waals surface area contributed by atoms with Crippen molar-refractivity contribution in [2.24, 2.45) is 0 Å². The summed E-state index contributed by atoms with van der Waals surface area (Å²) < 4.78 is 5.78. The van der Waals surface area contributed by atoms with E-state index >= 15 is 0 Å². The summed E-state index contributed by atoms with van der Waals surface area (Å²) >= 11 is 1.67. The normalized spacial score (nSPS) is 10.9. The van der Waals surface area contributed by atoms with Crippen LogP contribution in [0.15, 0.2) is 76.5 Å². The molecule has 0 N–H and O–H groups in total. The third kappa shape index (κ3) is 5.89. The van der Waals surface area contributed by atoms with Crippen LogP contribution in [0, 0.1) is 6.92 Å². The van der Waals surface area contributed by atoms with Gasteiger partial charge in [0.15, 0.2) is 0 Å². The number of aromatic nitrogens is 2. The fourth-order valence-electron chi connectivity index (χ4n) is 3.33. The number of carbonyl (C=O) groups is 1.